The molecule has 0 unspecified atom stereocenters. The molecular formula is C15H11F3N2OS2. The smallest absolute Gasteiger partial charge is 0.269 e. The van der Waals surface area contributed by atoms with Crippen molar-refractivity contribution in [1.29, 1.82) is 0 Å². The number of alkyl halides is 3. The Balaban J connectivity index is 1.82. The van der Waals surface area contributed by atoms with E-state index in [0.717, 1.165) is 17.8 Å². The molecule has 0 saturated carbocycles. The lowest BCUT2D eigenvalue weighted by molar-refractivity contribution is -0.137. The number of nitrogens with zero attached hydrogens (tertiary/aromatic N) is 2. The lowest BCUT2D eigenvalue weighted by Crippen LogP contribution is -2.14. The first-order chi connectivity index (χ1) is 10.8. The van der Waals surface area contributed by atoms with Gasteiger partial charge < -0.3 is 0 Å². The topological polar surface area (TPSA) is 34.4 Å². The Labute approximate surface area is 137 Å². The molecule has 0 bridgehead atoms. The minimum Gasteiger partial charge on any atom is -0.269 e. The van der Waals surface area contributed by atoms with E-state index in [4.69, 9.17) is 0 Å². The molecule has 0 amide bonds. The zero-order valence-corrected chi connectivity index (χ0v) is 13.6. The van der Waals surface area contributed by atoms with E-state index in [-0.39, 0.29) is 5.56 Å². The van der Waals surface area contributed by atoms with E-state index in [1.165, 1.54) is 39.6 Å². The van der Waals surface area contributed by atoms with Crippen molar-refractivity contribution in [2.75, 3.05) is 0 Å². The number of rotatable bonds is 3. The summed E-state index contributed by atoms with van der Waals surface area (Å²) in [6.07, 6.45) is -4.36. The summed E-state index contributed by atoms with van der Waals surface area (Å²) in [5.41, 5.74) is 0.520. The standard InChI is InChI=1S/C15H11F3N2OS2/c1-9-7-23-14-19-11(6-13(21)20(9)14)8-22-12-4-2-3-10(5-12)15(16,17)18/h2-7H,8H2,1H3. The number of aromatic nitrogens is 2. The minimum absolute atomic E-state index is 0.173. The number of benzene rings is 1. The first kappa shape index (κ1) is 16.1. The van der Waals surface area contributed by atoms with Crippen LogP contribution in [0, 0.1) is 6.92 Å². The molecule has 3 aromatic rings. The first-order valence-corrected chi connectivity index (χ1v) is 8.48. The van der Waals surface area contributed by atoms with E-state index >= 15 is 0 Å². The average molecular weight is 356 g/mol. The van der Waals surface area contributed by atoms with Crippen LogP contribution in [0.15, 0.2) is 45.4 Å². The van der Waals surface area contributed by atoms with Crippen LogP contribution in [0.4, 0.5) is 13.2 Å². The molecule has 3 nitrogen and oxygen atoms in total. The fourth-order valence-corrected chi connectivity index (χ4v) is 3.83. The van der Waals surface area contributed by atoms with E-state index in [1.807, 2.05) is 12.3 Å². The molecule has 0 saturated heterocycles. The van der Waals surface area contributed by atoms with Gasteiger partial charge in [-0.05, 0) is 25.1 Å². The highest BCUT2D eigenvalue weighted by atomic mass is 32.2. The third kappa shape index (κ3) is 3.42. The van der Waals surface area contributed by atoms with Crippen LogP contribution in [0.5, 0.6) is 0 Å². The van der Waals surface area contributed by atoms with Gasteiger partial charge in [-0.2, -0.15) is 13.2 Å². The molecule has 23 heavy (non-hydrogen) atoms. The summed E-state index contributed by atoms with van der Waals surface area (Å²) in [6.45, 7) is 1.82. The molecule has 0 atom stereocenters. The predicted octanol–water partition coefficient (Wildman–Crippen LogP) is 4.38. The average Bonchev–Trinajstić information content (AvgIpc) is 2.86. The van der Waals surface area contributed by atoms with Crippen LogP contribution >= 0.6 is 23.1 Å². The van der Waals surface area contributed by atoms with Gasteiger partial charge in [0.2, 0.25) is 0 Å². The van der Waals surface area contributed by atoms with Crippen molar-refractivity contribution < 1.29 is 13.2 Å². The van der Waals surface area contributed by atoms with E-state index in [9.17, 15) is 18.0 Å². The molecule has 0 N–H and O–H groups in total. The van der Waals surface area contributed by atoms with Crippen molar-refractivity contribution in [3.05, 3.63) is 63.0 Å². The summed E-state index contributed by atoms with van der Waals surface area (Å²) < 4.78 is 39.6. The van der Waals surface area contributed by atoms with Gasteiger partial charge in [0.1, 0.15) is 0 Å². The second-order valence-corrected chi connectivity index (χ2v) is 6.78. The molecule has 0 aliphatic carbocycles. The molecule has 0 spiro atoms. The minimum atomic E-state index is -4.36. The molecule has 2 heterocycles. The predicted molar refractivity (Wildman–Crippen MR) is 85.1 cm³/mol. The number of thiazole rings is 1. The number of hydrogen-bond acceptors (Lipinski definition) is 4. The third-order valence-corrected chi connectivity index (χ3v) is 5.15. The van der Waals surface area contributed by atoms with Crippen molar-refractivity contribution in [1.82, 2.24) is 9.38 Å². The first-order valence-electron chi connectivity index (χ1n) is 6.61. The summed E-state index contributed by atoms with van der Waals surface area (Å²) in [7, 11) is 0. The normalized spacial score (nSPS) is 12.0. The zero-order chi connectivity index (χ0) is 16.6. The lowest BCUT2D eigenvalue weighted by atomic mass is 10.2. The number of thioether (sulfide) groups is 1. The van der Waals surface area contributed by atoms with E-state index in [1.54, 1.807) is 6.07 Å². The van der Waals surface area contributed by atoms with Gasteiger partial charge >= 0.3 is 6.18 Å². The number of fused-ring (bicyclic) bond motifs is 1. The molecule has 0 radical (unpaired) electrons. The Morgan fingerprint density at radius 1 is 1.30 bits per heavy atom. The summed E-state index contributed by atoms with van der Waals surface area (Å²) in [4.78, 5) is 17.5. The monoisotopic (exact) mass is 356 g/mol. The van der Waals surface area contributed by atoms with Crippen LogP contribution in [-0.4, -0.2) is 9.38 Å². The van der Waals surface area contributed by atoms with Gasteiger partial charge in [-0.15, -0.1) is 23.1 Å². The van der Waals surface area contributed by atoms with Crippen LogP contribution in [-0.2, 0) is 11.9 Å². The van der Waals surface area contributed by atoms with Crippen LogP contribution in [0.3, 0.4) is 0 Å². The largest absolute Gasteiger partial charge is 0.416 e. The van der Waals surface area contributed by atoms with Gasteiger partial charge in [0.15, 0.2) is 4.96 Å². The second kappa shape index (κ2) is 6.01. The van der Waals surface area contributed by atoms with Crippen LogP contribution in [0.25, 0.3) is 4.96 Å². The quantitative estimate of drug-likeness (QED) is 0.654. The Kier molecular flexibility index (Phi) is 4.20. The molecule has 0 aliphatic heterocycles. The van der Waals surface area contributed by atoms with Crippen molar-refractivity contribution in [3.8, 4) is 0 Å². The Hall–Kier alpha value is -1.80. The number of hydrogen-bond donors (Lipinski definition) is 0. The van der Waals surface area contributed by atoms with Crippen molar-refractivity contribution in [2.45, 2.75) is 23.7 Å². The fraction of sp³-hybridized carbons (Fsp3) is 0.200. The molecule has 8 heteroatoms. The van der Waals surface area contributed by atoms with Crippen LogP contribution < -0.4 is 5.56 Å². The zero-order valence-electron chi connectivity index (χ0n) is 11.9. The molecule has 120 valence electrons. The highest BCUT2D eigenvalue weighted by molar-refractivity contribution is 7.98. The summed E-state index contributed by atoms with van der Waals surface area (Å²) >= 11 is 2.59. The van der Waals surface area contributed by atoms with Gasteiger partial charge in [0.05, 0.1) is 11.3 Å². The molecule has 2 aromatic heterocycles. The van der Waals surface area contributed by atoms with E-state index in [2.05, 4.69) is 4.98 Å². The van der Waals surface area contributed by atoms with Gasteiger partial charge in [-0.1, -0.05) is 6.07 Å². The van der Waals surface area contributed by atoms with E-state index < -0.39 is 11.7 Å². The van der Waals surface area contributed by atoms with Crippen molar-refractivity contribution >= 4 is 28.1 Å². The maximum Gasteiger partial charge on any atom is 0.416 e. The molecular weight excluding hydrogens is 345 g/mol. The Morgan fingerprint density at radius 2 is 2.09 bits per heavy atom. The highest BCUT2D eigenvalue weighted by Crippen LogP contribution is 2.32. The number of aryl methyl sites for hydroxylation is 1. The van der Waals surface area contributed by atoms with E-state index in [0.29, 0.717) is 21.3 Å². The van der Waals surface area contributed by atoms with Crippen LogP contribution in [0.1, 0.15) is 17.0 Å². The highest BCUT2D eigenvalue weighted by Gasteiger charge is 2.30. The molecule has 1 aromatic carbocycles. The fourth-order valence-electron chi connectivity index (χ4n) is 2.09. The van der Waals surface area contributed by atoms with Gasteiger partial charge in [-0.3, -0.25) is 9.20 Å². The van der Waals surface area contributed by atoms with Crippen molar-refractivity contribution in [2.24, 2.45) is 0 Å². The summed E-state index contributed by atoms with van der Waals surface area (Å²) in [6, 6.07) is 6.55. The Bertz CT molecular complexity index is 915. The van der Waals surface area contributed by atoms with Gasteiger partial charge in [0, 0.05) is 27.8 Å². The lowest BCUT2D eigenvalue weighted by Gasteiger charge is -2.08. The second-order valence-electron chi connectivity index (χ2n) is 4.90. The SMILES string of the molecule is Cc1csc2nc(CSc3cccc(C(F)(F)F)c3)cc(=O)n12. The Morgan fingerprint density at radius 3 is 2.83 bits per heavy atom. The molecule has 3 rings (SSSR count). The third-order valence-electron chi connectivity index (χ3n) is 3.18. The number of halogens is 3. The summed E-state index contributed by atoms with van der Waals surface area (Å²) in [5.74, 6) is 0.337. The summed E-state index contributed by atoms with van der Waals surface area (Å²) in [5, 5.41) is 1.84. The maximum atomic E-state index is 12.7. The van der Waals surface area contributed by atoms with Gasteiger partial charge in [-0.25, -0.2) is 4.98 Å². The molecule has 0 fully saturated rings. The van der Waals surface area contributed by atoms with Crippen molar-refractivity contribution in [3.63, 3.8) is 0 Å². The molecule has 0 aliphatic rings. The van der Waals surface area contributed by atoms with Gasteiger partial charge in [0.25, 0.3) is 5.56 Å². The van der Waals surface area contributed by atoms with Crippen LogP contribution in [0.2, 0.25) is 0 Å². The maximum absolute atomic E-state index is 12.7.